The van der Waals surface area contributed by atoms with Crippen LogP contribution in [0.5, 0.6) is 0 Å². The third kappa shape index (κ3) is 5.06. The van der Waals surface area contributed by atoms with E-state index in [0.717, 1.165) is 25.2 Å². The molecule has 1 N–H and O–H groups in total. The average Bonchev–Trinajstić information content (AvgIpc) is 2.78. The molecule has 0 unspecified atom stereocenters. The first-order chi connectivity index (χ1) is 15.0. The summed E-state index contributed by atoms with van der Waals surface area (Å²) in [7, 11) is 1.64. The fourth-order valence-corrected chi connectivity index (χ4v) is 3.99. The zero-order valence-electron chi connectivity index (χ0n) is 18.0. The number of carbonyl (C=O) groups is 2. The van der Waals surface area contributed by atoms with Crippen molar-refractivity contribution in [2.75, 3.05) is 39.8 Å². The number of aromatic nitrogens is 2. The Morgan fingerprint density at radius 2 is 1.81 bits per heavy atom. The number of likely N-dealkylation sites (N-methyl/N-ethyl adjacent to an activating group) is 1. The van der Waals surface area contributed by atoms with Gasteiger partial charge in [-0.1, -0.05) is 42.0 Å². The second-order valence-electron chi connectivity index (χ2n) is 8.20. The summed E-state index contributed by atoms with van der Waals surface area (Å²) in [5.41, 5.74) is 4.26. The van der Waals surface area contributed by atoms with Crippen LogP contribution < -0.4 is 4.90 Å². The lowest BCUT2D eigenvalue weighted by Gasteiger charge is -2.33. The molecule has 1 saturated heterocycles. The number of piperazine rings is 1. The summed E-state index contributed by atoms with van der Waals surface area (Å²) in [5.74, 6) is -0.325. The standard InChI is InChI=1S/C24H27N5O2/c1-18-6-5-7-19(14-18)16-28-10-12-29(13-11-28)23(30)17-27(2)24(31)22-15-25-20-8-3-4-9-21(20)26-22/h3-9,14-15H,10-13,16-17H2,1-2H3/p+1. The molecular weight excluding hydrogens is 390 g/mol. The number of rotatable bonds is 5. The highest BCUT2D eigenvalue weighted by atomic mass is 16.2. The molecule has 3 aromatic rings. The summed E-state index contributed by atoms with van der Waals surface area (Å²) in [5, 5.41) is 0. The molecule has 1 fully saturated rings. The summed E-state index contributed by atoms with van der Waals surface area (Å²) in [4.78, 5) is 38.9. The molecule has 1 aliphatic heterocycles. The minimum atomic E-state index is -0.296. The molecule has 2 aromatic carbocycles. The van der Waals surface area contributed by atoms with Crippen molar-refractivity contribution in [3.8, 4) is 0 Å². The van der Waals surface area contributed by atoms with E-state index >= 15 is 0 Å². The van der Waals surface area contributed by atoms with Gasteiger partial charge in [-0.2, -0.15) is 0 Å². The molecule has 0 spiro atoms. The molecule has 160 valence electrons. The van der Waals surface area contributed by atoms with Gasteiger partial charge in [-0.3, -0.25) is 14.6 Å². The van der Waals surface area contributed by atoms with E-state index in [1.54, 1.807) is 7.05 Å². The number of carbonyl (C=O) groups excluding carboxylic acids is 2. The van der Waals surface area contributed by atoms with Crippen molar-refractivity contribution in [2.24, 2.45) is 0 Å². The van der Waals surface area contributed by atoms with Crippen LogP contribution in [-0.2, 0) is 11.3 Å². The van der Waals surface area contributed by atoms with Crippen molar-refractivity contribution in [1.29, 1.82) is 0 Å². The van der Waals surface area contributed by atoms with E-state index in [4.69, 9.17) is 0 Å². The van der Waals surface area contributed by atoms with Gasteiger partial charge in [0.25, 0.3) is 5.91 Å². The van der Waals surface area contributed by atoms with Gasteiger partial charge in [0.2, 0.25) is 5.91 Å². The fraction of sp³-hybridized carbons (Fsp3) is 0.333. The average molecular weight is 419 g/mol. The maximum atomic E-state index is 12.8. The minimum absolute atomic E-state index is 0.0285. The lowest BCUT2D eigenvalue weighted by atomic mass is 10.1. The molecule has 0 radical (unpaired) electrons. The van der Waals surface area contributed by atoms with Crippen molar-refractivity contribution in [3.05, 3.63) is 71.5 Å². The molecule has 31 heavy (non-hydrogen) atoms. The SMILES string of the molecule is Cc1cccc(C[NH+]2CCN(C(=O)CN(C)C(=O)c3cnc4ccccc4n3)CC2)c1. The van der Waals surface area contributed by atoms with Crippen LogP contribution in [0.2, 0.25) is 0 Å². The van der Waals surface area contributed by atoms with Crippen molar-refractivity contribution < 1.29 is 14.5 Å². The molecule has 4 rings (SSSR count). The monoisotopic (exact) mass is 418 g/mol. The van der Waals surface area contributed by atoms with Gasteiger partial charge in [0, 0.05) is 12.6 Å². The number of quaternary nitrogens is 1. The van der Waals surface area contributed by atoms with Gasteiger partial charge in [0.05, 0.1) is 50.0 Å². The van der Waals surface area contributed by atoms with Crippen LogP contribution in [-0.4, -0.2) is 71.4 Å². The Labute approximate surface area is 182 Å². The summed E-state index contributed by atoms with van der Waals surface area (Å²) < 4.78 is 0. The third-order valence-corrected chi connectivity index (χ3v) is 5.75. The second-order valence-corrected chi connectivity index (χ2v) is 8.20. The molecule has 1 aromatic heterocycles. The van der Waals surface area contributed by atoms with E-state index in [-0.39, 0.29) is 24.1 Å². The van der Waals surface area contributed by atoms with E-state index in [2.05, 4.69) is 41.2 Å². The Morgan fingerprint density at radius 3 is 2.55 bits per heavy atom. The second kappa shape index (κ2) is 9.22. The molecule has 2 amide bonds. The van der Waals surface area contributed by atoms with Crippen molar-refractivity contribution >= 4 is 22.8 Å². The zero-order chi connectivity index (χ0) is 21.8. The van der Waals surface area contributed by atoms with Crippen LogP contribution in [0.4, 0.5) is 0 Å². The number of nitrogens with zero attached hydrogens (tertiary/aromatic N) is 4. The van der Waals surface area contributed by atoms with Crippen molar-refractivity contribution in [1.82, 2.24) is 19.8 Å². The van der Waals surface area contributed by atoms with E-state index in [9.17, 15) is 9.59 Å². The van der Waals surface area contributed by atoms with Crippen molar-refractivity contribution in [3.63, 3.8) is 0 Å². The summed E-state index contributed by atoms with van der Waals surface area (Å²) in [6.45, 7) is 6.36. The predicted octanol–water partition coefficient (Wildman–Crippen LogP) is 0.938. The Balaban J connectivity index is 1.30. The highest BCUT2D eigenvalue weighted by Gasteiger charge is 2.26. The summed E-state index contributed by atoms with van der Waals surface area (Å²) >= 11 is 0. The molecule has 2 heterocycles. The normalized spacial score (nSPS) is 14.6. The van der Waals surface area contributed by atoms with Crippen LogP contribution in [0.1, 0.15) is 21.6 Å². The lowest BCUT2D eigenvalue weighted by molar-refractivity contribution is -0.917. The lowest BCUT2D eigenvalue weighted by Crippen LogP contribution is -3.13. The van der Waals surface area contributed by atoms with Crippen LogP contribution in [0.3, 0.4) is 0 Å². The van der Waals surface area contributed by atoms with E-state index < -0.39 is 0 Å². The molecular formula is C24H28N5O2+. The number of fused-ring (bicyclic) bond motifs is 1. The van der Waals surface area contributed by atoms with E-state index in [1.807, 2.05) is 29.2 Å². The quantitative estimate of drug-likeness (QED) is 0.670. The van der Waals surface area contributed by atoms with E-state index in [1.165, 1.54) is 27.1 Å². The summed E-state index contributed by atoms with van der Waals surface area (Å²) in [6, 6.07) is 16.0. The smallest absolute Gasteiger partial charge is 0.274 e. The maximum Gasteiger partial charge on any atom is 0.274 e. The molecule has 0 aliphatic carbocycles. The Bertz CT molecular complexity index is 1090. The number of benzene rings is 2. The molecule has 7 heteroatoms. The fourth-order valence-electron chi connectivity index (χ4n) is 3.99. The topological polar surface area (TPSA) is 70.8 Å². The molecule has 1 aliphatic rings. The van der Waals surface area contributed by atoms with Gasteiger partial charge in [0.1, 0.15) is 12.2 Å². The third-order valence-electron chi connectivity index (χ3n) is 5.75. The van der Waals surface area contributed by atoms with Crippen LogP contribution in [0.25, 0.3) is 11.0 Å². The zero-order valence-corrected chi connectivity index (χ0v) is 18.0. The largest absolute Gasteiger partial charge is 0.331 e. The number of para-hydroxylation sites is 2. The number of aryl methyl sites for hydroxylation is 1. The number of amides is 2. The number of hydrogen-bond donors (Lipinski definition) is 1. The Hall–Kier alpha value is -3.32. The summed E-state index contributed by atoms with van der Waals surface area (Å²) in [6.07, 6.45) is 1.47. The van der Waals surface area contributed by atoms with Gasteiger partial charge < -0.3 is 14.7 Å². The van der Waals surface area contributed by atoms with Crippen LogP contribution in [0, 0.1) is 6.92 Å². The molecule has 7 nitrogen and oxygen atoms in total. The predicted molar refractivity (Wildman–Crippen MR) is 119 cm³/mol. The maximum absolute atomic E-state index is 12.8. The highest BCUT2D eigenvalue weighted by Crippen LogP contribution is 2.10. The molecule has 0 atom stereocenters. The van der Waals surface area contributed by atoms with Crippen LogP contribution >= 0.6 is 0 Å². The Kier molecular flexibility index (Phi) is 6.23. The van der Waals surface area contributed by atoms with Crippen LogP contribution in [0.15, 0.2) is 54.7 Å². The van der Waals surface area contributed by atoms with Gasteiger partial charge in [0.15, 0.2) is 0 Å². The number of hydrogen-bond acceptors (Lipinski definition) is 4. The first-order valence-corrected chi connectivity index (χ1v) is 10.6. The van der Waals surface area contributed by atoms with Crippen molar-refractivity contribution in [2.45, 2.75) is 13.5 Å². The molecule has 0 saturated carbocycles. The Morgan fingerprint density at radius 1 is 1.06 bits per heavy atom. The number of nitrogens with one attached hydrogen (secondary N) is 1. The van der Waals surface area contributed by atoms with Gasteiger partial charge >= 0.3 is 0 Å². The van der Waals surface area contributed by atoms with Gasteiger partial charge in [-0.05, 0) is 19.1 Å². The first-order valence-electron chi connectivity index (χ1n) is 10.6. The highest BCUT2D eigenvalue weighted by molar-refractivity contribution is 5.95. The van der Waals surface area contributed by atoms with Gasteiger partial charge in [-0.15, -0.1) is 0 Å². The minimum Gasteiger partial charge on any atom is -0.331 e. The van der Waals surface area contributed by atoms with Gasteiger partial charge in [-0.25, -0.2) is 4.98 Å². The molecule has 0 bridgehead atoms. The van der Waals surface area contributed by atoms with E-state index in [0.29, 0.717) is 18.6 Å². The first kappa shape index (κ1) is 20.9.